The summed E-state index contributed by atoms with van der Waals surface area (Å²) in [4.78, 5) is 11.6. The highest BCUT2D eigenvalue weighted by Crippen LogP contribution is 2.40. The molecular weight excluding hydrogens is 262 g/mol. The van der Waals surface area contributed by atoms with E-state index >= 15 is 0 Å². The molecule has 0 saturated heterocycles. The first-order valence-corrected chi connectivity index (χ1v) is 7.34. The molecule has 3 heteroatoms. The number of benzene rings is 2. The second-order valence-electron chi connectivity index (χ2n) is 5.58. The van der Waals surface area contributed by atoms with Gasteiger partial charge in [0.05, 0.1) is 0 Å². The van der Waals surface area contributed by atoms with Gasteiger partial charge in [-0.3, -0.25) is 10.1 Å². The van der Waals surface area contributed by atoms with Crippen LogP contribution in [0.1, 0.15) is 41.5 Å². The lowest BCUT2D eigenvalue weighted by molar-refractivity contribution is -0.139. The van der Waals surface area contributed by atoms with Gasteiger partial charge in [-0.05, 0) is 35.4 Å². The van der Waals surface area contributed by atoms with Crippen molar-refractivity contribution < 1.29 is 9.90 Å². The fraction of sp³-hybridized carbons (Fsp3) is 0.278. The predicted octanol–water partition coefficient (Wildman–Crippen LogP) is 3.48. The first-order valence-electron chi connectivity index (χ1n) is 7.34. The third-order valence-electron chi connectivity index (χ3n) is 3.89. The van der Waals surface area contributed by atoms with E-state index in [4.69, 9.17) is 0 Å². The topological polar surface area (TPSA) is 49.3 Å². The normalized spacial score (nSPS) is 15.6. The molecule has 21 heavy (non-hydrogen) atoms. The first-order chi connectivity index (χ1) is 10.2. The van der Waals surface area contributed by atoms with E-state index in [9.17, 15) is 9.90 Å². The van der Waals surface area contributed by atoms with Gasteiger partial charge in [0.25, 0.3) is 0 Å². The largest absolute Gasteiger partial charge is 0.480 e. The Morgan fingerprint density at radius 2 is 1.90 bits per heavy atom. The molecule has 3 rings (SSSR count). The Morgan fingerprint density at radius 1 is 1.14 bits per heavy atom. The van der Waals surface area contributed by atoms with Crippen LogP contribution in [0.5, 0.6) is 0 Å². The highest BCUT2D eigenvalue weighted by atomic mass is 16.4. The molecule has 0 spiro atoms. The summed E-state index contributed by atoms with van der Waals surface area (Å²) in [6.45, 7) is 0.547. The summed E-state index contributed by atoms with van der Waals surface area (Å²) in [5, 5.41) is 12.6. The van der Waals surface area contributed by atoms with E-state index in [1.54, 1.807) is 0 Å². The fourth-order valence-electron chi connectivity index (χ4n) is 2.57. The minimum absolute atomic E-state index is 0.547. The fourth-order valence-corrected chi connectivity index (χ4v) is 2.57. The lowest BCUT2D eigenvalue weighted by Gasteiger charge is -2.16. The Kier molecular flexibility index (Phi) is 4.02. The molecule has 0 aliphatic heterocycles. The van der Waals surface area contributed by atoms with Gasteiger partial charge in [0.1, 0.15) is 6.04 Å². The number of carboxylic acids is 1. The number of carboxylic acid groups (broad SMARTS) is 1. The molecule has 3 nitrogen and oxygen atoms in total. The Bertz CT molecular complexity index is 620. The smallest absolute Gasteiger partial charge is 0.325 e. The molecule has 2 aromatic carbocycles. The van der Waals surface area contributed by atoms with Gasteiger partial charge in [-0.1, -0.05) is 54.6 Å². The Hall–Kier alpha value is -2.13. The molecule has 1 unspecified atom stereocenters. The van der Waals surface area contributed by atoms with Crippen LogP contribution in [0.4, 0.5) is 0 Å². The molecule has 0 bridgehead atoms. The first kappa shape index (κ1) is 13.8. The van der Waals surface area contributed by atoms with Crippen molar-refractivity contribution in [1.82, 2.24) is 5.32 Å². The van der Waals surface area contributed by atoms with E-state index in [0.717, 1.165) is 11.1 Å². The molecule has 1 fully saturated rings. The maximum absolute atomic E-state index is 11.6. The van der Waals surface area contributed by atoms with E-state index in [0.29, 0.717) is 12.5 Å². The zero-order valence-electron chi connectivity index (χ0n) is 11.8. The maximum atomic E-state index is 11.6. The quantitative estimate of drug-likeness (QED) is 0.852. The van der Waals surface area contributed by atoms with Gasteiger partial charge in [-0.15, -0.1) is 0 Å². The molecular formula is C18H19NO2. The van der Waals surface area contributed by atoms with E-state index < -0.39 is 12.0 Å². The van der Waals surface area contributed by atoms with Gasteiger partial charge in [-0.2, -0.15) is 0 Å². The lowest BCUT2D eigenvalue weighted by Crippen LogP contribution is -2.28. The molecule has 0 radical (unpaired) electrons. The van der Waals surface area contributed by atoms with Crippen LogP contribution >= 0.6 is 0 Å². The van der Waals surface area contributed by atoms with E-state index in [2.05, 4.69) is 11.4 Å². The Morgan fingerprint density at radius 3 is 2.57 bits per heavy atom. The van der Waals surface area contributed by atoms with Crippen LogP contribution in [0.2, 0.25) is 0 Å². The van der Waals surface area contributed by atoms with Crippen LogP contribution in [0.15, 0.2) is 54.6 Å². The second-order valence-corrected chi connectivity index (χ2v) is 5.58. The molecule has 108 valence electrons. The molecule has 0 amide bonds. The standard InChI is InChI=1S/C18H19NO2/c20-18(21)17(19-12-13-5-2-1-3-6-13)16-8-4-7-15(11-16)14-9-10-14/h1-8,11,14,17,19H,9-10,12H2,(H,20,21). The summed E-state index contributed by atoms with van der Waals surface area (Å²) in [5.74, 6) is -0.201. The van der Waals surface area contributed by atoms with Gasteiger partial charge in [-0.25, -0.2) is 0 Å². The molecule has 2 N–H and O–H groups in total. The van der Waals surface area contributed by atoms with Crippen molar-refractivity contribution in [2.75, 3.05) is 0 Å². The highest BCUT2D eigenvalue weighted by Gasteiger charge is 2.25. The molecule has 1 saturated carbocycles. The summed E-state index contributed by atoms with van der Waals surface area (Å²) in [6.07, 6.45) is 2.44. The highest BCUT2D eigenvalue weighted by molar-refractivity contribution is 5.75. The molecule has 1 atom stereocenters. The number of nitrogens with one attached hydrogen (secondary N) is 1. The predicted molar refractivity (Wildman–Crippen MR) is 82.1 cm³/mol. The molecule has 0 heterocycles. The van der Waals surface area contributed by atoms with Crippen molar-refractivity contribution in [1.29, 1.82) is 0 Å². The van der Waals surface area contributed by atoms with Gasteiger partial charge in [0.2, 0.25) is 0 Å². The Labute approximate surface area is 124 Å². The lowest BCUT2D eigenvalue weighted by atomic mass is 10.0. The van der Waals surface area contributed by atoms with Gasteiger partial charge >= 0.3 is 5.97 Å². The monoisotopic (exact) mass is 281 g/mol. The van der Waals surface area contributed by atoms with Crippen molar-refractivity contribution in [3.05, 3.63) is 71.3 Å². The van der Waals surface area contributed by atoms with Crippen LogP contribution in [-0.4, -0.2) is 11.1 Å². The van der Waals surface area contributed by atoms with Crippen LogP contribution in [0.25, 0.3) is 0 Å². The SMILES string of the molecule is O=C(O)C(NCc1ccccc1)c1cccc(C2CC2)c1. The summed E-state index contributed by atoms with van der Waals surface area (Å²) in [5.41, 5.74) is 3.19. The third-order valence-corrected chi connectivity index (χ3v) is 3.89. The van der Waals surface area contributed by atoms with E-state index in [-0.39, 0.29) is 0 Å². The number of aliphatic carboxylic acids is 1. The molecule has 1 aliphatic rings. The van der Waals surface area contributed by atoms with Crippen LogP contribution in [-0.2, 0) is 11.3 Å². The van der Waals surface area contributed by atoms with Crippen molar-refractivity contribution >= 4 is 5.97 Å². The Balaban J connectivity index is 1.74. The molecule has 2 aromatic rings. The van der Waals surface area contributed by atoms with Gasteiger partial charge < -0.3 is 5.11 Å². The number of carbonyl (C=O) groups is 1. The zero-order valence-corrected chi connectivity index (χ0v) is 11.8. The van der Waals surface area contributed by atoms with Crippen molar-refractivity contribution in [2.24, 2.45) is 0 Å². The maximum Gasteiger partial charge on any atom is 0.325 e. The number of rotatable bonds is 6. The van der Waals surface area contributed by atoms with Crippen molar-refractivity contribution in [3.8, 4) is 0 Å². The summed E-state index contributed by atoms with van der Waals surface area (Å²) < 4.78 is 0. The summed E-state index contributed by atoms with van der Waals surface area (Å²) in [6, 6.07) is 17.2. The minimum Gasteiger partial charge on any atom is -0.480 e. The molecule has 0 aromatic heterocycles. The van der Waals surface area contributed by atoms with Crippen molar-refractivity contribution in [2.45, 2.75) is 31.3 Å². The summed E-state index contributed by atoms with van der Waals surface area (Å²) >= 11 is 0. The number of hydrogen-bond donors (Lipinski definition) is 2. The third kappa shape index (κ3) is 3.50. The van der Waals surface area contributed by atoms with Crippen LogP contribution in [0, 0.1) is 0 Å². The average Bonchev–Trinajstić information content (AvgIpc) is 3.33. The van der Waals surface area contributed by atoms with Gasteiger partial charge in [0.15, 0.2) is 0 Å². The van der Waals surface area contributed by atoms with Crippen LogP contribution < -0.4 is 5.32 Å². The van der Waals surface area contributed by atoms with Crippen molar-refractivity contribution in [3.63, 3.8) is 0 Å². The van der Waals surface area contributed by atoms with Gasteiger partial charge in [0, 0.05) is 6.54 Å². The van der Waals surface area contributed by atoms with E-state index in [1.807, 2.05) is 48.5 Å². The average molecular weight is 281 g/mol. The summed E-state index contributed by atoms with van der Waals surface area (Å²) in [7, 11) is 0. The zero-order chi connectivity index (χ0) is 14.7. The second kappa shape index (κ2) is 6.10. The minimum atomic E-state index is -0.834. The molecule has 1 aliphatic carbocycles. The van der Waals surface area contributed by atoms with E-state index in [1.165, 1.54) is 18.4 Å². The van der Waals surface area contributed by atoms with Crippen LogP contribution in [0.3, 0.4) is 0 Å². The number of hydrogen-bond acceptors (Lipinski definition) is 2.